The third kappa shape index (κ3) is 4.43. The van der Waals surface area contributed by atoms with Gasteiger partial charge in [0.25, 0.3) is 5.91 Å². The van der Waals surface area contributed by atoms with Gasteiger partial charge in [0.05, 0.1) is 17.5 Å². The van der Waals surface area contributed by atoms with E-state index in [1.165, 1.54) is 0 Å². The largest absolute Gasteiger partial charge is 0.272 e. The van der Waals surface area contributed by atoms with Crippen LogP contribution in [0.4, 0.5) is 0 Å². The first-order valence-corrected chi connectivity index (χ1v) is 10.1. The smallest absolute Gasteiger partial charge is 0.267 e. The number of halogens is 1. The number of amides is 1. The Bertz CT molecular complexity index is 1150. The van der Waals surface area contributed by atoms with Crippen LogP contribution in [0.2, 0.25) is 0 Å². The van der Waals surface area contributed by atoms with E-state index in [1.54, 1.807) is 12.3 Å². The molecule has 4 aromatic rings. The van der Waals surface area contributed by atoms with Crippen molar-refractivity contribution in [2.45, 2.75) is 0 Å². The molecule has 3 aromatic carbocycles. The number of hydrazone groups is 1. The Hall–Kier alpha value is -3.26. The fraction of sp³-hybridized carbons (Fsp3) is 0. The minimum Gasteiger partial charge on any atom is -0.267 e. The maximum Gasteiger partial charge on any atom is 0.272 e. The summed E-state index contributed by atoms with van der Waals surface area (Å²) in [4.78, 5) is 12.4. The van der Waals surface area contributed by atoms with Crippen molar-refractivity contribution in [3.63, 3.8) is 0 Å². The third-order valence-corrected chi connectivity index (χ3v) is 5.24. The molecule has 1 N–H and O–H groups in total. The molecule has 0 bridgehead atoms. The first kappa shape index (κ1) is 19.1. The van der Waals surface area contributed by atoms with Gasteiger partial charge in [-0.1, -0.05) is 60.7 Å². The van der Waals surface area contributed by atoms with E-state index in [-0.39, 0.29) is 5.91 Å². The summed E-state index contributed by atoms with van der Waals surface area (Å²) < 4.78 is 2.69. The van der Waals surface area contributed by atoms with Gasteiger partial charge in [0, 0.05) is 20.9 Å². The standard InChI is InChI=1S/C23H17IN4O/c24-21-14-8-7-13-20(21)23(29)26-25-15-18-16-28(19-11-5-2-6-12-19)27-22(18)17-9-3-1-4-10-17/h1-16H,(H,26,29). The Labute approximate surface area is 182 Å². The molecule has 0 saturated heterocycles. The first-order chi connectivity index (χ1) is 14.2. The maximum atomic E-state index is 12.4. The van der Waals surface area contributed by atoms with Gasteiger partial charge in [-0.05, 0) is 46.9 Å². The van der Waals surface area contributed by atoms with Gasteiger partial charge in [-0.2, -0.15) is 10.2 Å². The Morgan fingerprint density at radius 3 is 2.31 bits per heavy atom. The SMILES string of the molecule is O=C(NN=Cc1cn(-c2ccccc2)nc1-c1ccccc1)c1ccccc1I. The van der Waals surface area contributed by atoms with Crippen molar-refractivity contribution in [2.24, 2.45) is 5.10 Å². The van der Waals surface area contributed by atoms with Gasteiger partial charge >= 0.3 is 0 Å². The Balaban J connectivity index is 1.63. The second-order valence-corrected chi connectivity index (χ2v) is 7.42. The van der Waals surface area contributed by atoms with Crippen LogP contribution in [-0.2, 0) is 0 Å². The lowest BCUT2D eigenvalue weighted by molar-refractivity contribution is 0.0954. The third-order valence-electron chi connectivity index (χ3n) is 4.30. The van der Waals surface area contributed by atoms with Crippen molar-refractivity contribution in [1.82, 2.24) is 15.2 Å². The predicted molar refractivity (Wildman–Crippen MR) is 123 cm³/mol. The average molecular weight is 492 g/mol. The Morgan fingerprint density at radius 2 is 1.59 bits per heavy atom. The van der Waals surface area contributed by atoms with E-state index in [4.69, 9.17) is 5.10 Å². The molecule has 0 spiro atoms. The summed E-state index contributed by atoms with van der Waals surface area (Å²) in [5, 5.41) is 8.90. The van der Waals surface area contributed by atoms with Crippen molar-refractivity contribution < 1.29 is 4.79 Å². The van der Waals surface area contributed by atoms with Crippen molar-refractivity contribution in [2.75, 3.05) is 0 Å². The monoisotopic (exact) mass is 492 g/mol. The fourth-order valence-electron chi connectivity index (χ4n) is 2.88. The van der Waals surface area contributed by atoms with E-state index in [0.29, 0.717) is 5.56 Å². The second-order valence-electron chi connectivity index (χ2n) is 6.26. The molecule has 0 atom stereocenters. The molecule has 0 fully saturated rings. The number of rotatable bonds is 5. The molecule has 5 nitrogen and oxygen atoms in total. The molecule has 0 saturated carbocycles. The van der Waals surface area contributed by atoms with Crippen LogP contribution in [0.5, 0.6) is 0 Å². The molecular formula is C23H17IN4O. The molecule has 29 heavy (non-hydrogen) atoms. The summed E-state index contributed by atoms with van der Waals surface area (Å²) >= 11 is 2.14. The molecule has 0 aliphatic heterocycles. The van der Waals surface area contributed by atoms with Crippen LogP contribution < -0.4 is 5.43 Å². The van der Waals surface area contributed by atoms with Crippen molar-refractivity contribution >= 4 is 34.7 Å². The lowest BCUT2D eigenvalue weighted by atomic mass is 10.1. The average Bonchev–Trinajstić information content (AvgIpc) is 3.19. The van der Waals surface area contributed by atoms with E-state index in [1.807, 2.05) is 89.7 Å². The Morgan fingerprint density at radius 1 is 0.931 bits per heavy atom. The van der Waals surface area contributed by atoms with Crippen LogP contribution in [0.3, 0.4) is 0 Å². The zero-order chi connectivity index (χ0) is 20.1. The van der Waals surface area contributed by atoms with Gasteiger partial charge < -0.3 is 0 Å². The number of nitrogens with zero attached hydrogens (tertiary/aromatic N) is 3. The van der Waals surface area contributed by atoms with Gasteiger partial charge in [0.15, 0.2) is 0 Å². The maximum absolute atomic E-state index is 12.4. The Kier molecular flexibility index (Phi) is 5.81. The summed E-state index contributed by atoms with van der Waals surface area (Å²) in [6, 6.07) is 27.2. The molecular weight excluding hydrogens is 475 g/mol. The van der Waals surface area contributed by atoms with Crippen LogP contribution >= 0.6 is 22.6 Å². The molecule has 0 radical (unpaired) electrons. The topological polar surface area (TPSA) is 59.3 Å². The van der Waals surface area contributed by atoms with Crippen molar-refractivity contribution in [3.8, 4) is 16.9 Å². The van der Waals surface area contributed by atoms with Gasteiger partial charge in [0.1, 0.15) is 5.69 Å². The molecule has 0 aliphatic carbocycles. The molecule has 4 rings (SSSR count). The predicted octanol–water partition coefficient (Wildman–Crippen LogP) is 4.91. The summed E-state index contributed by atoms with van der Waals surface area (Å²) in [6.07, 6.45) is 3.53. The second kappa shape index (κ2) is 8.83. The van der Waals surface area contributed by atoms with Crippen LogP contribution in [0.1, 0.15) is 15.9 Å². The number of hydrogen-bond donors (Lipinski definition) is 1. The fourth-order valence-corrected chi connectivity index (χ4v) is 3.51. The highest BCUT2D eigenvalue weighted by molar-refractivity contribution is 14.1. The van der Waals surface area contributed by atoms with Crippen LogP contribution in [-0.4, -0.2) is 21.9 Å². The number of benzene rings is 3. The zero-order valence-corrected chi connectivity index (χ0v) is 17.5. The van der Waals surface area contributed by atoms with Gasteiger partial charge in [-0.15, -0.1) is 0 Å². The summed E-state index contributed by atoms with van der Waals surface area (Å²) in [5.74, 6) is -0.247. The number of para-hydroxylation sites is 1. The van der Waals surface area contributed by atoms with E-state index >= 15 is 0 Å². The van der Waals surface area contributed by atoms with E-state index in [9.17, 15) is 4.79 Å². The molecule has 1 amide bonds. The summed E-state index contributed by atoms with van der Waals surface area (Å²) in [7, 11) is 0. The highest BCUT2D eigenvalue weighted by Gasteiger charge is 2.12. The zero-order valence-electron chi connectivity index (χ0n) is 15.4. The molecule has 1 aromatic heterocycles. The number of nitrogens with one attached hydrogen (secondary N) is 1. The van der Waals surface area contributed by atoms with E-state index in [2.05, 4.69) is 33.1 Å². The minimum atomic E-state index is -0.247. The summed E-state index contributed by atoms with van der Waals surface area (Å²) in [5.41, 5.74) is 6.73. The van der Waals surface area contributed by atoms with Crippen LogP contribution in [0, 0.1) is 3.57 Å². The number of aromatic nitrogens is 2. The molecule has 0 unspecified atom stereocenters. The normalized spacial score (nSPS) is 10.9. The minimum absolute atomic E-state index is 0.247. The van der Waals surface area contributed by atoms with E-state index < -0.39 is 0 Å². The van der Waals surface area contributed by atoms with Gasteiger partial charge in [-0.3, -0.25) is 4.79 Å². The number of hydrogen-bond acceptors (Lipinski definition) is 3. The first-order valence-electron chi connectivity index (χ1n) is 9.01. The number of carbonyl (C=O) groups excluding carboxylic acids is 1. The lowest BCUT2D eigenvalue weighted by Gasteiger charge is -2.02. The summed E-state index contributed by atoms with van der Waals surface area (Å²) in [6.45, 7) is 0. The van der Waals surface area contributed by atoms with Crippen molar-refractivity contribution in [3.05, 3.63) is 106 Å². The van der Waals surface area contributed by atoms with Crippen molar-refractivity contribution in [1.29, 1.82) is 0 Å². The number of carbonyl (C=O) groups is 1. The highest BCUT2D eigenvalue weighted by atomic mass is 127. The quantitative estimate of drug-likeness (QED) is 0.245. The van der Waals surface area contributed by atoms with Gasteiger partial charge in [0.2, 0.25) is 0 Å². The molecule has 0 aliphatic rings. The molecule has 142 valence electrons. The molecule has 1 heterocycles. The highest BCUT2D eigenvalue weighted by Crippen LogP contribution is 2.22. The van der Waals surface area contributed by atoms with Crippen LogP contribution in [0.15, 0.2) is 96.2 Å². The lowest BCUT2D eigenvalue weighted by Crippen LogP contribution is -2.18. The van der Waals surface area contributed by atoms with E-state index in [0.717, 1.165) is 26.1 Å². The van der Waals surface area contributed by atoms with Gasteiger partial charge in [-0.25, -0.2) is 10.1 Å². The molecule has 6 heteroatoms. The van der Waals surface area contributed by atoms with Crippen LogP contribution in [0.25, 0.3) is 16.9 Å².